The van der Waals surface area contributed by atoms with Gasteiger partial charge >= 0.3 is 0 Å². The maximum Gasteiger partial charge on any atom is 0.216 e. The van der Waals surface area contributed by atoms with Crippen LogP contribution in [0.5, 0.6) is 5.75 Å². The van der Waals surface area contributed by atoms with Gasteiger partial charge in [0.25, 0.3) is 0 Å². The summed E-state index contributed by atoms with van der Waals surface area (Å²) in [6.45, 7) is 3.31. The van der Waals surface area contributed by atoms with Crippen molar-refractivity contribution in [2.24, 2.45) is 0 Å². The molecule has 1 rings (SSSR count). The molecule has 0 aliphatic carbocycles. The van der Waals surface area contributed by atoms with Crippen molar-refractivity contribution >= 4 is 5.91 Å². The number of halogens is 1. The highest BCUT2D eigenvalue weighted by Crippen LogP contribution is 2.23. The average Bonchev–Trinajstić information content (AvgIpc) is 2.34. The molecule has 0 aliphatic heterocycles. The second-order valence-electron chi connectivity index (χ2n) is 4.10. The molecule has 0 fully saturated rings. The van der Waals surface area contributed by atoms with Crippen molar-refractivity contribution in [3.63, 3.8) is 0 Å². The van der Waals surface area contributed by atoms with E-state index in [0.29, 0.717) is 6.61 Å². The Labute approximate surface area is 111 Å². The lowest BCUT2D eigenvalue weighted by atomic mass is 10.0. The number of nitrogens with one attached hydrogen (secondary N) is 1. The Morgan fingerprint density at radius 2 is 2.11 bits per heavy atom. The van der Waals surface area contributed by atoms with Crippen LogP contribution < -0.4 is 10.1 Å². The van der Waals surface area contributed by atoms with Gasteiger partial charge in [-0.1, -0.05) is 0 Å². The van der Waals surface area contributed by atoms with Crippen LogP contribution in [0, 0.1) is 5.82 Å². The molecule has 0 heterocycles. The van der Waals surface area contributed by atoms with Crippen molar-refractivity contribution < 1.29 is 24.1 Å². The van der Waals surface area contributed by atoms with Crippen molar-refractivity contribution in [3.8, 4) is 5.75 Å². The van der Waals surface area contributed by atoms with Crippen LogP contribution in [0.2, 0.25) is 0 Å². The minimum Gasteiger partial charge on any atom is -0.494 e. The number of aliphatic hydroxyl groups is 2. The Morgan fingerprint density at radius 1 is 1.42 bits per heavy atom. The molecule has 0 aliphatic rings. The van der Waals surface area contributed by atoms with Crippen LogP contribution in [0.15, 0.2) is 18.2 Å². The van der Waals surface area contributed by atoms with Gasteiger partial charge in [0.2, 0.25) is 5.91 Å². The van der Waals surface area contributed by atoms with Crippen LogP contribution in [0.3, 0.4) is 0 Å². The Bertz CT molecular complexity index is 439. The summed E-state index contributed by atoms with van der Waals surface area (Å²) >= 11 is 0. The lowest BCUT2D eigenvalue weighted by molar-refractivity contribution is -0.119. The molecule has 3 N–H and O–H groups in total. The molecule has 1 aromatic rings. The summed E-state index contributed by atoms with van der Waals surface area (Å²) in [5, 5.41) is 22.0. The quantitative estimate of drug-likeness (QED) is 0.713. The minimum absolute atomic E-state index is 0.114. The highest BCUT2D eigenvalue weighted by atomic mass is 19.1. The van der Waals surface area contributed by atoms with E-state index >= 15 is 0 Å². The smallest absolute Gasteiger partial charge is 0.216 e. The molecule has 2 atom stereocenters. The Morgan fingerprint density at radius 3 is 2.68 bits per heavy atom. The predicted molar refractivity (Wildman–Crippen MR) is 67.2 cm³/mol. The zero-order chi connectivity index (χ0) is 14.4. The summed E-state index contributed by atoms with van der Waals surface area (Å²) in [6, 6.07) is 3.76. The summed E-state index contributed by atoms with van der Waals surface area (Å²) in [4.78, 5) is 10.7. The van der Waals surface area contributed by atoms with Crippen molar-refractivity contribution in [1.82, 2.24) is 5.32 Å². The van der Waals surface area contributed by atoms with Gasteiger partial charge in [0.15, 0.2) is 0 Å². The van der Waals surface area contributed by atoms with E-state index < -0.39 is 18.0 Å². The molecule has 1 aromatic carbocycles. The fraction of sp³-hybridized carbons (Fsp3) is 0.462. The number of benzene rings is 1. The maximum atomic E-state index is 13.3. The Balaban J connectivity index is 2.79. The highest BCUT2D eigenvalue weighted by Gasteiger charge is 2.20. The van der Waals surface area contributed by atoms with Crippen molar-refractivity contribution in [1.29, 1.82) is 0 Å². The number of amides is 1. The topological polar surface area (TPSA) is 78.8 Å². The molecule has 6 heteroatoms. The first-order valence-electron chi connectivity index (χ1n) is 5.98. The van der Waals surface area contributed by atoms with Crippen LogP contribution >= 0.6 is 0 Å². The molecular weight excluding hydrogens is 253 g/mol. The van der Waals surface area contributed by atoms with Gasteiger partial charge < -0.3 is 20.3 Å². The first-order chi connectivity index (χ1) is 8.93. The molecule has 0 aromatic heterocycles. The number of rotatable bonds is 6. The van der Waals surface area contributed by atoms with Gasteiger partial charge in [-0.2, -0.15) is 0 Å². The normalized spacial score (nSPS) is 13.7. The van der Waals surface area contributed by atoms with E-state index in [2.05, 4.69) is 5.32 Å². The van der Waals surface area contributed by atoms with Gasteiger partial charge in [0.1, 0.15) is 23.8 Å². The number of hydrogen-bond acceptors (Lipinski definition) is 4. The third kappa shape index (κ3) is 4.84. The Hall–Kier alpha value is -1.66. The largest absolute Gasteiger partial charge is 0.494 e. The zero-order valence-electron chi connectivity index (χ0n) is 10.9. The highest BCUT2D eigenvalue weighted by molar-refractivity contribution is 5.72. The number of ether oxygens (including phenoxy) is 1. The predicted octanol–water partition coefficient (Wildman–Crippen LogP) is 0.755. The van der Waals surface area contributed by atoms with Crippen LogP contribution in [-0.2, 0) is 4.79 Å². The fourth-order valence-electron chi connectivity index (χ4n) is 1.59. The minimum atomic E-state index is -1.30. The monoisotopic (exact) mass is 271 g/mol. The van der Waals surface area contributed by atoms with E-state index in [4.69, 9.17) is 4.74 Å². The second-order valence-corrected chi connectivity index (χ2v) is 4.10. The van der Waals surface area contributed by atoms with Gasteiger partial charge in [-0.05, 0) is 24.6 Å². The fourth-order valence-corrected chi connectivity index (χ4v) is 1.59. The third-order valence-corrected chi connectivity index (χ3v) is 2.47. The molecule has 0 bridgehead atoms. The van der Waals surface area contributed by atoms with Gasteiger partial charge in [-0.15, -0.1) is 0 Å². The number of carbonyl (C=O) groups excluding carboxylic acids is 1. The van der Waals surface area contributed by atoms with Crippen molar-refractivity contribution in [3.05, 3.63) is 29.6 Å². The molecule has 0 saturated heterocycles. The number of hydrogen-bond donors (Lipinski definition) is 3. The van der Waals surface area contributed by atoms with Gasteiger partial charge in [0, 0.05) is 19.5 Å². The van der Waals surface area contributed by atoms with Gasteiger partial charge in [-0.3, -0.25) is 4.79 Å². The molecular formula is C13H18FNO4. The molecule has 1 amide bonds. The molecule has 5 nitrogen and oxygen atoms in total. The summed E-state index contributed by atoms with van der Waals surface area (Å²) in [5.41, 5.74) is 0.196. The van der Waals surface area contributed by atoms with Gasteiger partial charge in [0.05, 0.1) is 6.61 Å². The van der Waals surface area contributed by atoms with Crippen LogP contribution in [0.4, 0.5) is 4.39 Å². The summed E-state index contributed by atoms with van der Waals surface area (Å²) in [7, 11) is 0. The average molecular weight is 271 g/mol. The molecule has 0 radical (unpaired) electrons. The van der Waals surface area contributed by atoms with E-state index in [1.54, 1.807) is 6.92 Å². The lowest BCUT2D eigenvalue weighted by Crippen LogP contribution is -2.34. The summed E-state index contributed by atoms with van der Waals surface area (Å²) in [6.07, 6.45) is -2.53. The second kappa shape index (κ2) is 7.06. The summed E-state index contributed by atoms with van der Waals surface area (Å²) < 4.78 is 18.5. The summed E-state index contributed by atoms with van der Waals surface area (Å²) in [5.74, 6) is -0.601. The van der Waals surface area contributed by atoms with E-state index in [-0.39, 0.29) is 23.8 Å². The van der Waals surface area contributed by atoms with Crippen LogP contribution in [0.1, 0.15) is 25.5 Å². The number of aliphatic hydroxyl groups excluding tert-OH is 2. The molecule has 19 heavy (non-hydrogen) atoms. The third-order valence-electron chi connectivity index (χ3n) is 2.47. The zero-order valence-corrected chi connectivity index (χ0v) is 10.9. The molecule has 2 unspecified atom stereocenters. The molecule has 0 spiro atoms. The lowest BCUT2D eigenvalue weighted by Gasteiger charge is -2.19. The van der Waals surface area contributed by atoms with Crippen LogP contribution in [-0.4, -0.2) is 35.4 Å². The van der Waals surface area contributed by atoms with Crippen molar-refractivity contribution in [2.45, 2.75) is 26.1 Å². The molecule has 106 valence electrons. The van der Waals surface area contributed by atoms with E-state index in [1.807, 2.05) is 0 Å². The van der Waals surface area contributed by atoms with E-state index in [1.165, 1.54) is 19.1 Å². The van der Waals surface area contributed by atoms with E-state index in [9.17, 15) is 19.4 Å². The SMILES string of the molecule is CCOc1cc(F)cc(C(O)C(O)CNC(C)=O)c1. The molecule has 0 saturated carbocycles. The number of carbonyl (C=O) groups is 1. The van der Waals surface area contributed by atoms with Gasteiger partial charge in [-0.25, -0.2) is 4.39 Å². The standard InChI is InChI=1S/C13H18FNO4/c1-3-19-11-5-9(4-10(14)6-11)13(18)12(17)7-15-8(2)16/h4-6,12-13,17-18H,3,7H2,1-2H3,(H,15,16). The van der Waals surface area contributed by atoms with E-state index in [0.717, 1.165) is 6.07 Å². The maximum absolute atomic E-state index is 13.3. The first kappa shape index (κ1) is 15.4. The first-order valence-corrected chi connectivity index (χ1v) is 5.98. The van der Waals surface area contributed by atoms with Crippen molar-refractivity contribution in [2.75, 3.05) is 13.2 Å². The Kier molecular flexibility index (Phi) is 5.72. The van der Waals surface area contributed by atoms with Crippen LogP contribution in [0.25, 0.3) is 0 Å².